The summed E-state index contributed by atoms with van der Waals surface area (Å²) in [6.07, 6.45) is 4.69. The van der Waals surface area contributed by atoms with Crippen LogP contribution in [0.2, 0.25) is 0 Å². The summed E-state index contributed by atoms with van der Waals surface area (Å²) in [7, 11) is 1.44. The Morgan fingerprint density at radius 2 is 2.00 bits per heavy atom. The highest BCUT2D eigenvalue weighted by atomic mass is 16.5. The number of hydrogen-bond acceptors (Lipinski definition) is 3. The molecular formula is C16H25NO2. The van der Waals surface area contributed by atoms with E-state index in [4.69, 9.17) is 0 Å². The van der Waals surface area contributed by atoms with Gasteiger partial charge in [0.25, 0.3) is 0 Å². The van der Waals surface area contributed by atoms with Gasteiger partial charge in [0.15, 0.2) is 0 Å². The fourth-order valence-corrected chi connectivity index (χ4v) is 1.97. The second-order valence-corrected chi connectivity index (χ2v) is 4.91. The van der Waals surface area contributed by atoms with Crippen LogP contribution in [-0.2, 0) is 16.0 Å². The summed E-state index contributed by atoms with van der Waals surface area (Å²) in [6, 6.07) is 11.1. The van der Waals surface area contributed by atoms with Crippen LogP contribution in [0.25, 0.3) is 0 Å². The van der Waals surface area contributed by atoms with Gasteiger partial charge in [0.1, 0.15) is 0 Å². The van der Waals surface area contributed by atoms with Crippen LogP contribution in [0.5, 0.6) is 0 Å². The van der Waals surface area contributed by atoms with Gasteiger partial charge in [0, 0.05) is 12.5 Å². The summed E-state index contributed by atoms with van der Waals surface area (Å²) >= 11 is 0. The molecule has 3 heteroatoms. The first-order chi connectivity index (χ1) is 9.22. The van der Waals surface area contributed by atoms with Crippen molar-refractivity contribution in [1.29, 1.82) is 0 Å². The highest BCUT2D eigenvalue weighted by Crippen LogP contribution is 2.05. The zero-order valence-corrected chi connectivity index (χ0v) is 12.0. The zero-order chi connectivity index (χ0) is 13.9. The molecule has 1 rings (SSSR count). The van der Waals surface area contributed by atoms with E-state index in [0.29, 0.717) is 12.5 Å². The number of aryl methyl sites for hydroxylation is 1. The van der Waals surface area contributed by atoms with Crippen molar-refractivity contribution < 1.29 is 9.53 Å². The lowest BCUT2D eigenvalue weighted by atomic mass is 10.1. The van der Waals surface area contributed by atoms with Gasteiger partial charge >= 0.3 is 5.97 Å². The van der Waals surface area contributed by atoms with Crippen LogP contribution in [0.15, 0.2) is 30.3 Å². The maximum atomic E-state index is 10.9. The topological polar surface area (TPSA) is 38.3 Å². The normalized spacial score (nSPS) is 12.1. The van der Waals surface area contributed by atoms with E-state index in [2.05, 4.69) is 41.2 Å². The average Bonchev–Trinajstić information content (AvgIpc) is 2.45. The van der Waals surface area contributed by atoms with Gasteiger partial charge in [-0.2, -0.15) is 0 Å². The third kappa shape index (κ3) is 7.62. The average molecular weight is 263 g/mol. The minimum absolute atomic E-state index is 0.114. The van der Waals surface area contributed by atoms with Crippen LogP contribution in [0.3, 0.4) is 0 Å². The Balaban J connectivity index is 2.02. The number of rotatable bonds is 9. The highest BCUT2D eigenvalue weighted by Gasteiger charge is 2.03. The largest absolute Gasteiger partial charge is 0.469 e. The summed E-state index contributed by atoms with van der Waals surface area (Å²) in [6.45, 7) is 3.18. The quantitative estimate of drug-likeness (QED) is 0.550. The monoisotopic (exact) mass is 263 g/mol. The predicted molar refractivity (Wildman–Crippen MR) is 78.1 cm³/mol. The van der Waals surface area contributed by atoms with Crippen LogP contribution < -0.4 is 5.32 Å². The van der Waals surface area contributed by atoms with E-state index in [1.165, 1.54) is 12.7 Å². The van der Waals surface area contributed by atoms with E-state index in [-0.39, 0.29) is 5.97 Å². The number of carbonyl (C=O) groups is 1. The van der Waals surface area contributed by atoms with Crippen molar-refractivity contribution in [3.05, 3.63) is 35.9 Å². The molecule has 0 saturated heterocycles. The van der Waals surface area contributed by atoms with Crippen molar-refractivity contribution in [3.63, 3.8) is 0 Å². The molecule has 0 aliphatic rings. The van der Waals surface area contributed by atoms with Gasteiger partial charge in [-0.25, -0.2) is 0 Å². The lowest BCUT2D eigenvalue weighted by Crippen LogP contribution is -2.27. The molecule has 0 heterocycles. The second-order valence-electron chi connectivity index (χ2n) is 4.91. The molecule has 106 valence electrons. The van der Waals surface area contributed by atoms with Gasteiger partial charge in [-0.05, 0) is 44.7 Å². The minimum atomic E-state index is -0.114. The molecule has 0 amide bonds. The fourth-order valence-electron chi connectivity index (χ4n) is 1.97. The van der Waals surface area contributed by atoms with Crippen molar-refractivity contribution in [2.45, 2.75) is 45.1 Å². The maximum absolute atomic E-state index is 10.9. The number of hydrogen-bond donors (Lipinski definition) is 1. The van der Waals surface area contributed by atoms with Gasteiger partial charge < -0.3 is 10.1 Å². The highest BCUT2D eigenvalue weighted by molar-refractivity contribution is 5.68. The Morgan fingerprint density at radius 1 is 1.26 bits per heavy atom. The smallest absolute Gasteiger partial charge is 0.305 e. The predicted octanol–water partition coefficient (Wildman–Crippen LogP) is 2.94. The second kappa shape index (κ2) is 9.56. The van der Waals surface area contributed by atoms with Crippen LogP contribution in [-0.4, -0.2) is 25.7 Å². The third-order valence-electron chi connectivity index (χ3n) is 3.24. The van der Waals surface area contributed by atoms with E-state index in [0.717, 1.165) is 32.2 Å². The Labute approximate surface area is 116 Å². The number of esters is 1. The van der Waals surface area contributed by atoms with E-state index in [9.17, 15) is 4.79 Å². The van der Waals surface area contributed by atoms with Gasteiger partial charge in [-0.15, -0.1) is 0 Å². The first kappa shape index (κ1) is 15.7. The van der Waals surface area contributed by atoms with Gasteiger partial charge in [-0.1, -0.05) is 30.3 Å². The lowest BCUT2D eigenvalue weighted by Gasteiger charge is -2.13. The number of nitrogens with one attached hydrogen (secondary N) is 1. The summed E-state index contributed by atoms with van der Waals surface area (Å²) in [5, 5.41) is 3.49. The number of unbranched alkanes of at least 4 members (excludes halogenated alkanes) is 1. The Bertz CT molecular complexity index is 351. The summed E-state index contributed by atoms with van der Waals surface area (Å²) < 4.78 is 4.61. The molecule has 0 saturated carbocycles. The summed E-state index contributed by atoms with van der Waals surface area (Å²) in [5.74, 6) is -0.114. The van der Waals surface area contributed by atoms with Gasteiger partial charge in [-0.3, -0.25) is 4.79 Å². The van der Waals surface area contributed by atoms with E-state index < -0.39 is 0 Å². The molecule has 0 spiro atoms. The van der Waals surface area contributed by atoms with Crippen LogP contribution in [0.4, 0.5) is 0 Å². The number of benzene rings is 1. The third-order valence-corrected chi connectivity index (χ3v) is 3.24. The van der Waals surface area contributed by atoms with Crippen molar-refractivity contribution in [2.75, 3.05) is 13.7 Å². The molecule has 0 aliphatic carbocycles. The van der Waals surface area contributed by atoms with Crippen LogP contribution in [0.1, 0.15) is 38.2 Å². The summed E-state index contributed by atoms with van der Waals surface area (Å²) in [4.78, 5) is 10.9. The molecule has 3 nitrogen and oxygen atoms in total. The van der Waals surface area contributed by atoms with Crippen LogP contribution >= 0.6 is 0 Å². The molecule has 1 aromatic carbocycles. The number of ether oxygens (including phenoxy) is 1. The van der Waals surface area contributed by atoms with E-state index in [1.54, 1.807) is 0 Å². The lowest BCUT2D eigenvalue weighted by molar-refractivity contribution is -0.140. The van der Waals surface area contributed by atoms with Gasteiger partial charge in [0.2, 0.25) is 0 Å². The van der Waals surface area contributed by atoms with E-state index >= 15 is 0 Å². The molecule has 19 heavy (non-hydrogen) atoms. The van der Waals surface area contributed by atoms with Crippen molar-refractivity contribution >= 4 is 5.97 Å². The number of carbonyl (C=O) groups excluding carboxylic acids is 1. The molecule has 1 N–H and O–H groups in total. The minimum Gasteiger partial charge on any atom is -0.469 e. The molecule has 1 atom stereocenters. The Hall–Kier alpha value is -1.35. The summed E-state index contributed by atoms with van der Waals surface area (Å²) in [5.41, 5.74) is 1.39. The molecule has 0 unspecified atom stereocenters. The molecule has 0 aliphatic heterocycles. The first-order valence-corrected chi connectivity index (χ1v) is 7.06. The van der Waals surface area contributed by atoms with Crippen molar-refractivity contribution in [2.24, 2.45) is 0 Å². The molecule has 0 radical (unpaired) electrons. The molecule has 0 aromatic heterocycles. The SMILES string of the molecule is COC(=O)CCCCN[C@H](C)CCc1ccccc1. The van der Waals surface area contributed by atoms with Gasteiger partial charge in [0.05, 0.1) is 7.11 Å². The number of methoxy groups -OCH3 is 1. The Kier molecular flexibility index (Phi) is 7.91. The molecule has 0 bridgehead atoms. The molecule has 0 fully saturated rings. The maximum Gasteiger partial charge on any atom is 0.305 e. The molecule has 1 aromatic rings. The Morgan fingerprint density at radius 3 is 2.68 bits per heavy atom. The van der Waals surface area contributed by atoms with Crippen LogP contribution in [0, 0.1) is 0 Å². The first-order valence-electron chi connectivity index (χ1n) is 7.06. The zero-order valence-electron chi connectivity index (χ0n) is 12.0. The standard InChI is InChI=1S/C16H25NO2/c1-14(11-12-15-8-4-3-5-9-15)17-13-7-6-10-16(18)19-2/h3-5,8-9,14,17H,6-7,10-13H2,1-2H3/t14-/m1/s1. The van der Waals surface area contributed by atoms with Crippen molar-refractivity contribution in [3.8, 4) is 0 Å². The van der Waals surface area contributed by atoms with Crippen molar-refractivity contribution in [1.82, 2.24) is 5.32 Å². The van der Waals surface area contributed by atoms with E-state index in [1.807, 2.05) is 6.07 Å². The fraction of sp³-hybridized carbons (Fsp3) is 0.562. The molecular weight excluding hydrogens is 238 g/mol.